The number of carbonyl (C=O) groups excluding carboxylic acids is 2. The molecule has 1 aromatic heterocycles. The molecule has 0 aliphatic carbocycles. The molecule has 0 spiro atoms. The standard InChI is InChI=1S/C14H14N2O2/c1-9-3-2-4-11-10(9)7-8-16(11)12-5-6-13(17)15-14(12)18/h2-4,7-8,12H,5-6H2,1H3,(H,15,17,18). The fourth-order valence-corrected chi connectivity index (χ4v) is 2.56. The molecule has 2 amide bonds. The Morgan fingerprint density at radius 3 is 2.89 bits per heavy atom. The van der Waals surface area contributed by atoms with Crippen molar-refractivity contribution in [2.24, 2.45) is 0 Å². The third-order valence-electron chi connectivity index (χ3n) is 3.53. The number of benzene rings is 1. The van der Waals surface area contributed by atoms with E-state index in [2.05, 4.69) is 18.3 Å². The normalized spacial score (nSPS) is 20.2. The minimum Gasteiger partial charge on any atom is -0.335 e. The molecule has 1 aliphatic heterocycles. The van der Waals surface area contributed by atoms with E-state index in [4.69, 9.17) is 0 Å². The zero-order valence-corrected chi connectivity index (χ0v) is 10.1. The summed E-state index contributed by atoms with van der Waals surface area (Å²) in [6.07, 6.45) is 2.90. The lowest BCUT2D eigenvalue weighted by Gasteiger charge is -2.23. The molecule has 1 saturated heterocycles. The Bertz CT molecular complexity index is 642. The molecule has 1 N–H and O–H groups in total. The van der Waals surface area contributed by atoms with Gasteiger partial charge >= 0.3 is 0 Å². The summed E-state index contributed by atoms with van der Waals surface area (Å²) < 4.78 is 1.96. The van der Waals surface area contributed by atoms with Crippen LogP contribution in [-0.2, 0) is 9.59 Å². The van der Waals surface area contributed by atoms with Crippen LogP contribution in [0.25, 0.3) is 10.9 Å². The van der Waals surface area contributed by atoms with Gasteiger partial charge in [0.25, 0.3) is 0 Å². The lowest BCUT2D eigenvalue weighted by molar-refractivity contribution is -0.135. The van der Waals surface area contributed by atoms with Gasteiger partial charge in [0.2, 0.25) is 11.8 Å². The van der Waals surface area contributed by atoms with Crippen molar-refractivity contribution in [3.63, 3.8) is 0 Å². The Balaban J connectivity index is 2.07. The third-order valence-corrected chi connectivity index (χ3v) is 3.53. The van der Waals surface area contributed by atoms with Gasteiger partial charge in [-0.05, 0) is 31.0 Å². The van der Waals surface area contributed by atoms with Gasteiger partial charge in [0.1, 0.15) is 6.04 Å². The summed E-state index contributed by atoms with van der Waals surface area (Å²) in [6, 6.07) is 7.79. The Morgan fingerprint density at radius 2 is 2.11 bits per heavy atom. The Kier molecular flexibility index (Phi) is 2.44. The number of rotatable bonds is 1. The smallest absolute Gasteiger partial charge is 0.249 e. The van der Waals surface area contributed by atoms with Crippen LogP contribution in [0.1, 0.15) is 24.4 Å². The second-order valence-electron chi connectivity index (χ2n) is 4.70. The highest BCUT2D eigenvalue weighted by Gasteiger charge is 2.28. The quantitative estimate of drug-likeness (QED) is 0.777. The van der Waals surface area contributed by atoms with Crippen LogP contribution >= 0.6 is 0 Å². The summed E-state index contributed by atoms with van der Waals surface area (Å²) >= 11 is 0. The van der Waals surface area contributed by atoms with Gasteiger partial charge < -0.3 is 4.57 Å². The number of hydrogen-bond donors (Lipinski definition) is 1. The van der Waals surface area contributed by atoms with Crippen molar-refractivity contribution in [2.75, 3.05) is 0 Å². The molecule has 4 heteroatoms. The van der Waals surface area contributed by atoms with Gasteiger partial charge in [-0.3, -0.25) is 14.9 Å². The number of piperidine rings is 1. The zero-order chi connectivity index (χ0) is 12.7. The fraction of sp³-hybridized carbons (Fsp3) is 0.286. The number of carbonyl (C=O) groups is 2. The SMILES string of the molecule is Cc1cccc2c1ccn2C1CCC(=O)NC1=O. The highest BCUT2D eigenvalue weighted by Crippen LogP contribution is 2.26. The summed E-state index contributed by atoms with van der Waals surface area (Å²) in [5.41, 5.74) is 2.24. The van der Waals surface area contributed by atoms with E-state index < -0.39 is 0 Å². The van der Waals surface area contributed by atoms with Crippen molar-refractivity contribution in [1.29, 1.82) is 0 Å². The first kappa shape index (κ1) is 11.0. The number of nitrogens with zero attached hydrogens (tertiary/aromatic N) is 1. The molecule has 1 aliphatic rings. The fourth-order valence-electron chi connectivity index (χ4n) is 2.56. The molecule has 1 unspecified atom stereocenters. The van der Waals surface area contributed by atoms with E-state index in [1.807, 2.05) is 29.0 Å². The van der Waals surface area contributed by atoms with Gasteiger partial charge in [-0.25, -0.2) is 0 Å². The Hall–Kier alpha value is -2.10. The van der Waals surface area contributed by atoms with E-state index in [1.54, 1.807) is 0 Å². The largest absolute Gasteiger partial charge is 0.335 e. The highest BCUT2D eigenvalue weighted by molar-refractivity contribution is 6.00. The third kappa shape index (κ3) is 1.61. The summed E-state index contributed by atoms with van der Waals surface area (Å²) in [5, 5.41) is 3.55. The number of amides is 2. The molecule has 3 rings (SSSR count). The molecule has 2 heterocycles. The van der Waals surface area contributed by atoms with E-state index >= 15 is 0 Å². The maximum Gasteiger partial charge on any atom is 0.249 e. The molecule has 2 aromatic rings. The van der Waals surface area contributed by atoms with Gasteiger partial charge in [-0.2, -0.15) is 0 Å². The van der Waals surface area contributed by atoms with Crippen molar-refractivity contribution in [3.05, 3.63) is 36.0 Å². The summed E-state index contributed by atoms with van der Waals surface area (Å²) in [7, 11) is 0. The topological polar surface area (TPSA) is 51.1 Å². The molecule has 18 heavy (non-hydrogen) atoms. The first-order valence-corrected chi connectivity index (χ1v) is 6.06. The minimum atomic E-state index is -0.276. The van der Waals surface area contributed by atoms with Gasteiger partial charge in [0.05, 0.1) is 0 Å². The van der Waals surface area contributed by atoms with Crippen molar-refractivity contribution >= 4 is 22.7 Å². The van der Waals surface area contributed by atoms with Crippen LogP contribution in [0.4, 0.5) is 0 Å². The molecule has 0 radical (unpaired) electrons. The summed E-state index contributed by atoms with van der Waals surface area (Å²) in [6.45, 7) is 2.05. The van der Waals surface area contributed by atoms with Crippen molar-refractivity contribution in [1.82, 2.24) is 9.88 Å². The second kappa shape index (κ2) is 3.98. The maximum absolute atomic E-state index is 11.9. The summed E-state index contributed by atoms with van der Waals surface area (Å²) in [5.74, 6) is -0.380. The van der Waals surface area contributed by atoms with Crippen LogP contribution in [0, 0.1) is 6.92 Å². The second-order valence-corrected chi connectivity index (χ2v) is 4.70. The molecule has 92 valence electrons. The van der Waals surface area contributed by atoms with Crippen molar-refractivity contribution in [3.8, 4) is 0 Å². The first-order valence-electron chi connectivity index (χ1n) is 6.06. The van der Waals surface area contributed by atoms with Crippen LogP contribution < -0.4 is 5.32 Å². The maximum atomic E-state index is 11.9. The molecule has 0 saturated carbocycles. The van der Waals surface area contributed by atoms with E-state index in [-0.39, 0.29) is 17.9 Å². The number of hydrogen-bond acceptors (Lipinski definition) is 2. The van der Waals surface area contributed by atoms with E-state index in [1.165, 1.54) is 5.56 Å². The molecular weight excluding hydrogens is 228 g/mol. The predicted octanol–water partition coefficient (Wildman–Crippen LogP) is 1.93. The van der Waals surface area contributed by atoms with Gasteiger partial charge in [0.15, 0.2) is 0 Å². The molecular formula is C14H14N2O2. The van der Waals surface area contributed by atoms with Gasteiger partial charge in [-0.15, -0.1) is 0 Å². The van der Waals surface area contributed by atoms with Crippen LogP contribution in [0.5, 0.6) is 0 Å². The monoisotopic (exact) mass is 242 g/mol. The number of aryl methyl sites for hydroxylation is 1. The lowest BCUT2D eigenvalue weighted by Crippen LogP contribution is -2.41. The lowest BCUT2D eigenvalue weighted by atomic mass is 10.1. The van der Waals surface area contributed by atoms with E-state index in [0.29, 0.717) is 12.8 Å². The Morgan fingerprint density at radius 1 is 1.28 bits per heavy atom. The number of aromatic nitrogens is 1. The predicted molar refractivity (Wildman–Crippen MR) is 68.1 cm³/mol. The van der Waals surface area contributed by atoms with Crippen molar-refractivity contribution < 1.29 is 9.59 Å². The van der Waals surface area contributed by atoms with Crippen molar-refractivity contribution in [2.45, 2.75) is 25.8 Å². The number of nitrogens with one attached hydrogen (secondary N) is 1. The molecule has 1 fully saturated rings. The number of fused-ring (bicyclic) bond motifs is 1. The molecule has 1 aromatic carbocycles. The van der Waals surface area contributed by atoms with E-state index in [0.717, 1.165) is 10.9 Å². The van der Waals surface area contributed by atoms with Crippen LogP contribution in [-0.4, -0.2) is 16.4 Å². The number of imide groups is 1. The van der Waals surface area contributed by atoms with Crippen LogP contribution in [0.3, 0.4) is 0 Å². The molecule has 1 atom stereocenters. The average molecular weight is 242 g/mol. The van der Waals surface area contributed by atoms with Crippen LogP contribution in [0.2, 0.25) is 0 Å². The zero-order valence-electron chi connectivity index (χ0n) is 10.1. The molecule has 4 nitrogen and oxygen atoms in total. The minimum absolute atomic E-state index is 0.177. The van der Waals surface area contributed by atoms with Gasteiger partial charge in [0, 0.05) is 23.5 Å². The summed E-state index contributed by atoms with van der Waals surface area (Å²) in [4.78, 5) is 23.0. The molecule has 0 bridgehead atoms. The Labute approximate surface area is 105 Å². The van der Waals surface area contributed by atoms with Gasteiger partial charge in [-0.1, -0.05) is 12.1 Å². The average Bonchev–Trinajstić information content (AvgIpc) is 2.74. The van der Waals surface area contributed by atoms with Crippen LogP contribution in [0.15, 0.2) is 30.5 Å². The van der Waals surface area contributed by atoms with E-state index in [9.17, 15) is 9.59 Å². The highest BCUT2D eigenvalue weighted by atomic mass is 16.2. The first-order chi connectivity index (χ1) is 8.66.